The van der Waals surface area contributed by atoms with E-state index in [-0.39, 0.29) is 114 Å². The van der Waals surface area contributed by atoms with E-state index in [0.717, 1.165) is 11.3 Å². The molecule has 0 radical (unpaired) electrons. The number of ether oxygens (including phenoxy) is 5. The van der Waals surface area contributed by atoms with Crippen molar-refractivity contribution in [1.29, 1.82) is 0 Å². The van der Waals surface area contributed by atoms with E-state index in [0.29, 0.717) is 35.9 Å². The van der Waals surface area contributed by atoms with Crippen LogP contribution >= 0.6 is 11.3 Å². The zero-order chi connectivity index (χ0) is 43.5. The predicted molar refractivity (Wildman–Crippen MR) is 212 cm³/mol. The number of thiophene rings is 1. The van der Waals surface area contributed by atoms with Crippen LogP contribution in [0.15, 0.2) is 30.4 Å². The molecule has 3 aliphatic rings. The van der Waals surface area contributed by atoms with E-state index in [1.165, 1.54) is 48.3 Å². The number of methoxy groups -OCH3 is 2. The smallest absolute Gasteiger partial charge is 0.306 e. The fraction of sp³-hybridized carbons (Fsp3) is 0.488. The van der Waals surface area contributed by atoms with Gasteiger partial charge in [-0.1, -0.05) is 0 Å². The van der Waals surface area contributed by atoms with E-state index in [4.69, 9.17) is 23.7 Å². The van der Waals surface area contributed by atoms with Crippen LogP contribution in [-0.2, 0) is 46.5 Å². The van der Waals surface area contributed by atoms with Crippen molar-refractivity contribution in [2.45, 2.75) is 115 Å². The summed E-state index contributed by atoms with van der Waals surface area (Å²) in [5.74, 6) is -4.25. The molecule has 6 rings (SSSR count). The molecule has 1 saturated carbocycles. The van der Waals surface area contributed by atoms with Crippen molar-refractivity contribution in [3.05, 3.63) is 63.6 Å². The van der Waals surface area contributed by atoms with Gasteiger partial charge in [0, 0.05) is 72.3 Å². The molecule has 3 amide bonds. The molecule has 322 valence electrons. The normalized spacial score (nSPS) is 18.1. The molecule has 1 aromatic heterocycles. The van der Waals surface area contributed by atoms with Crippen molar-refractivity contribution in [1.82, 2.24) is 9.80 Å². The molecule has 1 aliphatic carbocycles. The molecule has 1 fully saturated rings. The first-order valence-electron chi connectivity index (χ1n) is 19.7. The topological polar surface area (TPSA) is 175 Å². The number of carbonyl (C=O) groups excluding carboxylic acids is 6. The van der Waals surface area contributed by atoms with Crippen molar-refractivity contribution >= 4 is 56.9 Å². The average molecular weight is 855 g/mol. The highest BCUT2D eigenvalue weighted by Gasteiger charge is 2.36. The summed E-state index contributed by atoms with van der Waals surface area (Å²) >= 11 is 1.02. The lowest BCUT2D eigenvalue weighted by molar-refractivity contribution is -0.156. The molecule has 1 N–H and O–H groups in total. The van der Waals surface area contributed by atoms with Crippen LogP contribution in [0.2, 0.25) is 0 Å². The molecule has 17 heteroatoms. The Labute approximate surface area is 349 Å². The van der Waals surface area contributed by atoms with Crippen LogP contribution in [0.4, 0.5) is 8.78 Å². The van der Waals surface area contributed by atoms with Gasteiger partial charge in [-0.05, 0) is 64.2 Å². The lowest BCUT2D eigenvalue weighted by Crippen LogP contribution is -2.43. The van der Waals surface area contributed by atoms with Crippen molar-refractivity contribution < 1.29 is 66.3 Å². The van der Waals surface area contributed by atoms with Crippen LogP contribution in [0.25, 0.3) is 10.1 Å². The maximum atomic E-state index is 16.0. The van der Waals surface area contributed by atoms with E-state index < -0.39 is 47.2 Å². The van der Waals surface area contributed by atoms with Crippen LogP contribution in [0.3, 0.4) is 0 Å². The van der Waals surface area contributed by atoms with Crippen molar-refractivity contribution in [3.8, 4) is 17.2 Å². The molecule has 0 bridgehead atoms. The fourth-order valence-corrected chi connectivity index (χ4v) is 8.68. The molecule has 14 nitrogen and oxygen atoms in total. The van der Waals surface area contributed by atoms with Gasteiger partial charge in [-0.2, -0.15) is 0 Å². The largest absolute Gasteiger partial charge is 0.496 e. The molecular weight excluding hydrogens is 807 g/mol. The Morgan fingerprint density at radius 3 is 2.18 bits per heavy atom. The lowest BCUT2D eigenvalue weighted by Gasteiger charge is -2.33. The number of aliphatic hydroxyl groups is 1. The Kier molecular flexibility index (Phi) is 13.6. The van der Waals surface area contributed by atoms with Crippen molar-refractivity contribution in [2.75, 3.05) is 20.8 Å². The van der Waals surface area contributed by atoms with Gasteiger partial charge < -0.3 is 33.7 Å². The minimum Gasteiger partial charge on any atom is -0.496 e. The molecule has 1 atom stereocenters. The number of ketones is 1. The number of hydrogen-bond acceptors (Lipinski definition) is 13. The molecule has 0 saturated heterocycles. The SMILES string of the molecule is COc1cc2sc(C(=O)CCC(=O)OC3CCC(N4C(=O)C=CC4=O)CC3)cc2c(F)c1OCCC(O)c1c(OC)cc2c(c1F)CN(C(=O)CCC(=O)OC(C)(C)C)C2. The summed E-state index contributed by atoms with van der Waals surface area (Å²) in [6.07, 6.45) is 1.82. The highest BCUT2D eigenvalue weighted by atomic mass is 32.1. The molecule has 1 unspecified atom stereocenters. The Hall–Kier alpha value is -5.42. The lowest BCUT2D eigenvalue weighted by atomic mass is 9.92. The number of rotatable bonds is 16. The van der Waals surface area contributed by atoms with E-state index in [1.807, 2.05) is 0 Å². The molecule has 3 heterocycles. The minimum absolute atomic E-state index is 0.0288. The number of Topliss-reactive ketones (excluding diaryl/α,β-unsaturated/α-hetero) is 1. The Balaban J connectivity index is 1.03. The van der Waals surface area contributed by atoms with Crippen LogP contribution in [0.1, 0.15) is 111 Å². The van der Waals surface area contributed by atoms with Gasteiger partial charge >= 0.3 is 11.9 Å². The molecule has 2 aliphatic heterocycles. The second-order valence-corrected chi connectivity index (χ2v) is 17.0. The summed E-state index contributed by atoms with van der Waals surface area (Å²) in [6.45, 7) is 4.93. The van der Waals surface area contributed by atoms with Gasteiger partial charge in [0.2, 0.25) is 5.91 Å². The molecule has 60 heavy (non-hydrogen) atoms. The number of amides is 3. The van der Waals surface area contributed by atoms with Crippen LogP contribution in [0.5, 0.6) is 17.2 Å². The standard InChI is InChI=1S/C43H48F2N2O12S/c1-43(2,3)59-38(54)15-13-34(50)46-21-23-18-30(55-4)39(40(44)27(23)22-46)29(49)16-17-57-42-31(56-5)20-32-26(41(42)45)19-33(60-32)28(48)10-14-37(53)58-25-8-6-24(7-9-25)47-35(51)11-12-36(47)52/h11-12,18-20,24-25,29,49H,6-10,13-17,21-22H2,1-5H3. The maximum absolute atomic E-state index is 16.0. The van der Waals surface area contributed by atoms with Crippen LogP contribution in [0, 0.1) is 11.6 Å². The molecule has 0 spiro atoms. The van der Waals surface area contributed by atoms with Gasteiger partial charge in [-0.25, -0.2) is 8.78 Å². The molecular formula is C43H48F2N2O12S. The highest BCUT2D eigenvalue weighted by molar-refractivity contribution is 7.20. The molecule has 2 aromatic carbocycles. The van der Waals surface area contributed by atoms with Gasteiger partial charge in [-0.3, -0.25) is 33.7 Å². The second-order valence-electron chi connectivity index (χ2n) is 15.9. The summed E-state index contributed by atoms with van der Waals surface area (Å²) in [7, 11) is 2.64. The van der Waals surface area contributed by atoms with Gasteiger partial charge in [-0.15, -0.1) is 11.3 Å². The maximum Gasteiger partial charge on any atom is 0.306 e. The van der Waals surface area contributed by atoms with Gasteiger partial charge in [0.15, 0.2) is 23.1 Å². The van der Waals surface area contributed by atoms with Crippen molar-refractivity contribution in [2.24, 2.45) is 0 Å². The van der Waals surface area contributed by atoms with E-state index in [2.05, 4.69) is 0 Å². The number of carbonyl (C=O) groups is 6. The summed E-state index contributed by atoms with van der Waals surface area (Å²) in [4.78, 5) is 77.6. The number of nitrogens with zero attached hydrogens (tertiary/aromatic N) is 2. The Morgan fingerprint density at radius 2 is 1.53 bits per heavy atom. The van der Waals surface area contributed by atoms with E-state index in [1.54, 1.807) is 26.8 Å². The Morgan fingerprint density at radius 1 is 0.867 bits per heavy atom. The van der Waals surface area contributed by atoms with Crippen LogP contribution < -0.4 is 14.2 Å². The zero-order valence-electron chi connectivity index (χ0n) is 34.1. The number of hydrogen-bond donors (Lipinski definition) is 1. The third-order valence-electron chi connectivity index (χ3n) is 10.6. The summed E-state index contributed by atoms with van der Waals surface area (Å²) in [5.41, 5.74) is -0.126. The van der Waals surface area contributed by atoms with Gasteiger partial charge in [0.1, 0.15) is 23.3 Å². The summed E-state index contributed by atoms with van der Waals surface area (Å²) in [5, 5.41) is 11.3. The number of esters is 2. The number of imide groups is 1. The van der Waals surface area contributed by atoms with Gasteiger partial charge in [0.05, 0.1) is 50.2 Å². The zero-order valence-corrected chi connectivity index (χ0v) is 34.9. The number of aliphatic hydroxyl groups excluding tert-OH is 1. The summed E-state index contributed by atoms with van der Waals surface area (Å²) < 4.78 is 59.8. The summed E-state index contributed by atoms with van der Waals surface area (Å²) in [6, 6.07) is 4.20. The third-order valence-corrected chi connectivity index (χ3v) is 11.7. The quantitative estimate of drug-likeness (QED) is 0.0955. The first kappa shape index (κ1) is 44.1. The predicted octanol–water partition coefficient (Wildman–Crippen LogP) is 6.41. The second kappa shape index (κ2) is 18.5. The fourth-order valence-electron chi connectivity index (χ4n) is 7.63. The first-order chi connectivity index (χ1) is 28.5. The number of benzene rings is 2. The minimum atomic E-state index is -1.45. The van der Waals surface area contributed by atoms with Crippen LogP contribution in [-0.4, -0.2) is 88.9 Å². The number of halogens is 2. The van der Waals surface area contributed by atoms with Gasteiger partial charge in [0.25, 0.3) is 11.8 Å². The highest BCUT2D eigenvalue weighted by Crippen LogP contribution is 2.42. The van der Waals surface area contributed by atoms with E-state index >= 15 is 8.78 Å². The average Bonchev–Trinajstić information content (AvgIpc) is 3.93. The molecule has 3 aromatic rings. The third kappa shape index (κ3) is 9.95. The monoisotopic (exact) mass is 854 g/mol. The van der Waals surface area contributed by atoms with E-state index in [9.17, 15) is 33.9 Å². The Bertz CT molecular complexity index is 2200. The number of fused-ring (bicyclic) bond motifs is 2. The van der Waals surface area contributed by atoms with Crippen molar-refractivity contribution in [3.63, 3.8) is 0 Å². The first-order valence-corrected chi connectivity index (χ1v) is 20.6.